The molecule has 0 spiro atoms. The first-order valence-electron chi connectivity index (χ1n) is 11.8. The van der Waals surface area contributed by atoms with Crippen LogP contribution in [0, 0.1) is 40.4 Å². The zero-order chi connectivity index (χ0) is 20.6. The average Bonchev–Trinajstić information content (AvgIpc) is 3.00. The fourth-order valence-corrected chi connectivity index (χ4v) is 7.06. The summed E-state index contributed by atoms with van der Waals surface area (Å²) in [6, 6.07) is 0. The van der Waals surface area contributed by atoms with E-state index in [-0.39, 0.29) is 22.7 Å². The second-order valence-electron chi connectivity index (χ2n) is 10.3. The molecule has 4 aliphatic carbocycles. The molecule has 6 atom stereocenters. The SMILES string of the molecule is CCCCC#CCO[C@@H]1C[C@@H]2[C@H](CC[C@]3(C)C(=O)CC[C@@H]23)[C@@]2(C)CCC(=O)C=C12. The Morgan fingerprint density at radius 1 is 1.07 bits per heavy atom. The molecule has 3 nitrogen and oxygen atoms in total. The van der Waals surface area contributed by atoms with Crippen LogP contribution >= 0.6 is 0 Å². The first-order chi connectivity index (χ1) is 13.9. The van der Waals surface area contributed by atoms with E-state index in [0.29, 0.717) is 36.6 Å². The Morgan fingerprint density at radius 2 is 1.86 bits per heavy atom. The highest BCUT2D eigenvalue weighted by Gasteiger charge is 2.60. The molecule has 0 aromatic rings. The lowest BCUT2D eigenvalue weighted by atomic mass is 9.47. The summed E-state index contributed by atoms with van der Waals surface area (Å²) >= 11 is 0. The Labute approximate surface area is 176 Å². The van der Waals surface area contributed by atoms with Gasteiger partial charge in [0.05, 0.1) is 6.10 Å². The van der Waals surface area contributed by atoms with Crippen LogP contribution in [0.2, 0.25) is 0 Å². The number of fused-ring (bicyclic) bond motifs is 5. The number of hydrogen-bond donors (Lipinski definition) is 0. The predicted octanol–water partition coefficient (Wildman–Crippen LogP) is 5.28. The second kappa shape index (κ2) is 8.03. The maximum atomic E-state index is 12.7. The van der Waals surface area contributed by atoms with Gasteiger partial charge < -0.3 is 4.74 Å². The monoisotopic (exact) mass is 396 g/mol. The number of rotatable bonds is 4. The summed E-state index contributed by atoms with van der Waals surface area (Å²) < 4.78 is 6.32. The summed E-state index contributed by atoms with van der Waals surface area (Å²) in [6.45, 7) is 7.20. The highest BCUT2D eigenvalue weighted by atomic mass is 16.5. The van der Waals surface area contributed by atoms with Crippen molar-refractivity contribution in [2.24, 2.45) is 28.6 Å². The lowest BCUT2D eigenvalue weighted by Crippen LogP contribution is -2.54. The molecule has 0 N–H and O–H groups in total. The van der Waals surface area contributed by atoms with Gasteiger partial charge in [0.2, 0.25) is 0 Å². The van der Waals surface area contributed by atoms with Crippen molar-refractivity contribution in [2.75, 3.05) is 6.61 Å². The van der Waals surface area contributed by atoms with Crippen LogP contribution in [-0.4, -0.2) is 24.3 Å². The quantitative estimate of drug-likeness (QED) is 0.480. The maximum absolute atomic E-state index is 12.7. The number of ether oxygens (including phenoxy) is 1. The Balaban J connectivity index is 1.59. The summed E-state index contributed by atoms with van der Waals surface area (Å²) in [7, 11) is 0. The van der Waals surface area contributed by atoms with Gasteiger partial charge in [0.25, 0.3) is 0 Å². The maximum Gasteiger partial charge on any atom is 0.155 e. The molecule has 0 unspecified atom stereocenters. The highest BCUT2D eigenvalue weighted by Crippen LogP contribution is 2.64. The third kappa shape index (κ3) is 3.52. The van der Waals surface area contributed by atoms with E-state index in [1.807, 2.05) is 6.08 Å². The number of ketones is 2. The Hall–Kier alpha value is -1.40. The predicted molar refractivity (Wildman–Crippen MR) is 114 cm³/mol. The Morgan fingerprint density at radius 3 is 2.66 bits per heavy atom. The average molecular weight is 397 g/mol. The van der Waals surface area contributed by atoms with Crippen molar-refractivity contribution in [3.8, 4) is 11.8 Å². The first-order valence-corrected chi connectivity index (χ1v) is 11.8. The molecule has 0 amide bonds. The summed E-state index contributed by atoms with van der Waals surface area (Å²) in [5.41, 5.74) is 1.12. The standard InChI is InChI=1S/C26H36O3/c1-4-5-6-7-8-15-29-23-17-19-20-9-10-24(28)26(20,3)14-12-21(19)25(2)13-11-18(27)16-22(23)25/h16,19-21,23H,4-6,9-15,17H2,1-3H3/t19-,20-,21-,23+,25+,26-/m0/s1. The number of carbonyl (C=O) groups excluding carboxylic acids is 2. The molecule has 0 heterocycles. The molecular formula is C26H36O3. The van der Waals surface area contributed by atoms with Crippen LogP contribution in [0.15, 0.2) is 11.6 Å². The summed E-state index contributed by atoms with van der Waals surface area (Å²) in [5.74, 6) is 8.69. The van der Waals surface area contributed by atoms with Crippen molar-refractivity contribution in [3.05, 3.63) is 11.6 Å². The molecule has 3 saturated carbocycles. The minimum atomic E-state index is -0.131. The third-order valence-electron chi connectivity index (χ3n) is 8.80. The molecular weight excluding hydrogens is 360 g/mol. The van der Waals surface area contributed by atoms with Crippen molar-refractivity contribution in [1.29, 1.82) is 0 Å². The minimum Gasteiger partial charge on any atom is -0.361 e. The topological polar surface area (TPSA) is 43.4 Å². The van der Waals surface area contributed by atoms with Gasteiger partial charge in [0.1, 0.15) is 12.4 Å². The third-order valence-corrected chi connectivity index (χ3v) is 8.80. The van der Waals surface area contributed by atoms with Gasteiger partial charge in [-0.25, -0.2) is 0 Å². The molecule has 0 aliphatic heterocycles. The number of carbonyl (C=O) groups is 2. The molecule has 0 bridgehead atoms. The fourth-order valence-electron chi connectivity index (χ4n) is 7.06. The second-order valence-corrected chi connectivity index (χ2v) is 10.3. The molecule has 0 aromatic carbocycles. The van der Waals surface area contributed by atoms with Crippen molar-refractivity contribution in [2.45, 2.75) is 91.1 Å². The van der Waals surface area contributed by atoms with E-state index in [4.69, 9.17) is 4.74 Å². The Kier molecular flexibility index (Phi) is 5.77. The Bertz CT molecular complexity index is 769. The summed E-state index contributed by atoms with van der Waals surface area (Å²) in [6.07, 6.45) is 11.5. The van der Waals surface area contributed by atoms with Gasteiger partial charge in [-0.15, -0.1) is 5.92 Å². The van der Waals surface area contributed by atoms with Crippen molar-refractivity contribution in [3.63, 3.8) is 0 Å². The first kappa shape index (κ1) is 20.9. The normalized spacial score (nSPS) is 41.0. The van der Waals surface area contributed by atoms with E-state index >= 15 is 0 Å². The van der Waals surface area contributed by atoms with Crippen LogP contribution in [0.5, 0.6) is 0 Å². The summed E-state index contributed by atoms with van der Waals surface area (Å²) in [5, 5.41) is 0. The highest BCUT2D eigenvalue weighted by molar-refractivity contribution is 5.92. The van der Waals surface area contributed by atoms with E-state index < -0.39 is 0 Å². The van der Waals surface area contributed by atoms with Crippen molar-refractivity contribution < 1.29 is 14.3 Å². The molecule has 158 valence electrons. The van der Waals surface area contributed by atoms with E-state index in [9.17, 15) is 9.59 Å². The van der Waals surface area contributed by atoms with E-state index in [1.165, 1.54) is 5.57 Å². The lowest BCUT2D eigenvalue weighted by molar-refractivity contribution is -0.135. The van der Waals surface area contributed by atoms with Gasteiger partial charge in [-0.3, -0.25) is 9.59 Å². The molecule has 0 radical (unpaired) electrons. The number of unbranched alkanes of at least 4 members (excludes halogenated alkanes) is 2. The molecule has 4 rings (SSSR count). The van der Waals surface area contributed by atoms with Crippen molar-refractivity contribution in [1.82, 2.24) is 0 Å². The molecule has 3 heteroatoms. The number of hydrogen-bond acceptors (Lipinski definition) is 3. The van der Waals surface area contributed by atoms with Gasteiger partial charge in [-0.1, -0.05) is 33.1 Å². The van der Waals surface area contributed by atoms with Crippen LogP contribution in [-0.2, 0) is 14.3 Å². The van der Waals surface area contributed by atoms with Crippen molar-refractivity contribution >= 4 is 11.6 Å². The van der Waals surface area contributed by atoms with Crippen LogP contribution < -0.4 is 0 Å². The van der Waals surface area contributed by atoms with Gasteiger partial charge in [0, 0.05) is 24.7 Å². The minimum absolute atomic E-state index is 0.0240. The van der Waals surface area contributed by atoms with Crippen LogP contribution in [0.3, 0.4) is 0 Å². The van der Waals surface area contributed by atoms with Gasteiger partial charge in [-0.2, -0.15) is 0 Å². The summed E-state index contributed by atoms with van der Waals surface area (Å²) in [4.78, 5) is 25.0. The molecule has 3 fully saturated rings. The van der Waals surface area contributed by atoms with E-state index in [2.05, 4.69) is 32.6 Å². The molecule has 0 aromatic heterocycles. The largest absolute Gasteiger partial charge is 0.361 e. The van der Waals surface area contributed by atoms with Gasteiger partial charge >= 0.3 is 0 Å². The van der Waals surface area contributed by atoms with Gasteiger partial charge in [0.15, 0.2) is 5.78 Å². The lowest BCUT2D eigenvalue weighted by Gasteiger charge is -2.58. The van der Waals surface area contributed by atoms with Crippen LogP contribution in [0.25, 0.3) is 0 Å². The zero-order valence-electron chi connectivity index (χ0n) is 18.4. The molecule has 4 aliphatic rings. The molecule has 29 heavy (non-hydrogen) atoms. The number of Topliss-reactive ketones (excluding diaryl/α,β-unsaturated/α-hetero) is 1. The van der Waals surface area contributed by atoms with Crippen LogP contribution in [0.1, 0.15) is 85.0 Å². The van der Waals surface area contributed by atoms with Crippen LogP contribution in [0.4, 0.5) is 0 Å². The fraction of sp³-hybridized carbons (Fsp3) is 0.769. The zero-order valence-corrected chi connectivity index (χ0v) is 18.4. The smallest absolute Gasteiger partial charge is 0.155 e. The van der Waals surface area contributed by atoms with E-state index in [1.54, 1.807) is 0 Å². The van der Waals surface area contributed by atoms with Gasteiger partial charge in [-0.05, 0) is 73.3 Å². The molecule has 0 saturated heterocycles. The van der Waals surface area contributed by atoms with E-state index in [0.717, 1.165) is 57.8 Å².